The Balaban J connectivity index is 2.59. The van der Waals surface area contributed by atoms with E-state index in [-0.39, 0.29) is 5.75 Å². The summed E-state index contributed by atoms with van der Waals surface area (Å²) in [6.07, 6.45) is 4.84. The molecule has 0 aromatic heterocycles. The maximum Gasteiger partial charge on any atom is 0.191 e. The third kappa shape index (κ3) is 10.4. The van der Waals surface area contributed by atoms with E-state index in [2.05, 4.69) is 43.3 Å². The van der Waals surface area contributed by atoms with Gasteiger partial charge in [-0.1, -0.05) is 51.0 Å². The minimum absolute atomic E-state index is 0.0780. The first kappa shape index (κ1) is 22.5. The van der Waals surface area contributed by atoms with Crippen LogP contribution in [-0.4, -0.2) is 33.2 Å². The first-order valence-corrected chi connectivity index (χ1v) is 11.6. The first-order chi connectivity index (χ1) is 12.2. The molecule has 0 aliphatic heterocycles. The van der Waals surface area contributed by atoms with Gasteiger partial charge >= 0.3 is 0 Å². The van der Waals surface area contributed by atoms with Gasteiger partial charge in [-0.05, 0) is 37.3 Å². The molecule has 1 aromatic rings. The van der Waals surface area contributed by atoms with Gasteiger partial charge in [-0.25, -0.2) is 13.4 Å². The molecule has 0 aliphatic carbocycles. The number of nitrogens with zero attached hydrogens (tertiary/aromatic N) is 1. The molecule has 0 fully saturated rings. The van der Waals surface area contributed by atoms with Crippen molar-refractivity contribution >= 4 is 15.8 Å². The molecule has 1 atom stereocenters. The van der Waals surface area contributed by atoms with Crippen molar-refractivity contribution in [3.05, 3.63) is 35.4 Å². The molecule has 148 valence electrons. The fraction of sp³-hybridized carbons (Fsp3) is 0.650. The Bertz CT molecular complexity index is 652. The van der Waals surface area contributed by atoms with Gasteiger partial charge in [-0.15, -0.1) is 0 Å². The van der Waals surface area contributed by atoms with Gasteiger partial charge in [0.25, 0.3) is 0 Å². The van der Waals surface area contributed by atoms with Crippen LogP contribution in [0.15, 0.2) is 29.3 Å². The number of hydrogen-bond acceptors (Lipinski definition) is 3. The Labute approximate surface area is 159 Å². The smallest absolute Gasteiger partial charge is 0.191 e. The third-order valence-corrected chi connectivity index (χ3v) is 4.88. The molecule has 2 N–H and O–H groups in total. The van der Waals surface area contributed by atoms with Gasteiger partial charge in [-0.3, -0.25) is 0 Å². The standard InChI is InChI=1S/C20H35N3O2S/c1-6-21-20(23-17(4)9-7-8-16(2)3)22-14-18-10-12-19(13-11-18)15-26(5,24)25/h10-13,16-17H,6-9,14-15H2,1-5H3,(H2,21,22,23). The lowest BCUT2D eigenvalue weighted by atomic mass is 10.0. The van der Waals surface area contributed by atoms with Crippen molar-refractivity contribution in [2.75, 3.05) is 12.8 Å². The van der Waals surface area contributed by atoms with E-state index in [1.165, 1.54) is 19.1 Å². The molecule has 0 amide bonds. The molecule has 6 heteroatoms. The molecular weight excluding hydrogens is 346 g/mol. The van der Waals surface area contributed by atoms with Crippen LogP contribution in [0.25, 0.3) is 0 Å². The number of hydrogen-bond donors (Lipinski definition) is 2. The van der Waals surface area contributed by atoms with Crippen LogP contribution in [-0.2, 0) is 22.1 Å². The van der Waals surface area contributed by atoms with Crippen LogP contribution < -0.4 is 10.6 Å². The summed E-state index contributed by atoms with van der Waals surface area (Å²) in [5.41, 5.74) is 1.87. The largest absolute Gasteiger partial charge is 0.357 e. The van der Waals surface area contributed by atoms with Crippen molar-refractivity contribution in [3.8, 4) is 0 Å². The SMILES string of the molecule is CCNC(=NCc1ccc(CS(C)(=O)=O)cc1)NC(C)CCCC(C)C. The lowest BCUT2D eigenvalue weighted by molar-refractivity contribution is 0.491. The highest BCUT2D eigenvalue weighted by Crippen LogP contribution is 2.10. The number of aliphatic imine (C=N–C) groups is 1. The first-order valence-electron chi connectivity index (χ1n) is 9.50. The van der Waals surface area contributed by atoms with Gasteiger partial charge in [0.1, 0.15) is 0 Å². The molecule has 0 heterocycles. The summed E-state index contributed by atoms with van der Waals surface area (Å²) in [7, 11) is -3.00. The van der Waals surface area contributed by atoms with Crippen molar-refractivity contribution in [2.45, 2.75) is 65.3 Å². The second-order valence-electron chi connectivity index (χ2n) is 7.45. The molecule has 0 saturated carbocycles. The quantitative estimate of drug-likeness (QED) is 0.481. The fourth-order valence-electron chi connectivity index (χ4n) is 2.67. The van der Waals surface area contributed by atoms with E-state index in [4.69, 9.17) is 0 Å². The number of rotatable bonds is 10. The van der Waals surface area contributed by atoms with Crippen LogP contribution in [0.5, 0.6) is 0 Å². The third-order valence-electron chi connectivity index (χ3n) is 4.02. The second-order valence-corrected chi connectivity index (χ2v) is 9.59. The highest BCUT2D eigenvalue weighted by Gasteiger charge is 2.07. The summed E-state index contributed by atoms with van der Waals surface area (Å²) in [5.74, 6) is 1.65. The van der Waals surface area contributed by atoms with E-state index in [1.54, 1.807) is 0 Å². The second kappa shape index (κ2) is 11.2. The highest BCUT2D eigenvalue weighted by molar-refractivity contribution is 7.89. The van der Waals surface area contributed by atoms with E-state index in [9.17, 15) is 8.42 Å². The molecule has 0 bridgehead atoms. The predicted octanol–water partition coefficient (Wildman–Crippen LogP) is 3.50. The van der Waals surface area contributed by atoms with Gasteiger partial charge in [0.15, 0.2) is 15.8 Å². The summed E-state index contributed by atoms with van der Waals surface area (Å²) in [4.78, 5) is 4.65. The van der Waals surface area contributed by atoms with E-state index in [1.807, 2.05) is 24.3 Å². The lowest BCUT2D eigenvalue weighted by Crippen LogP contribution is -2.42. The summed E-state index contributed by atoms with van der Waals surface area (Å²) >= 11 is 0. The molecule has 0 radical (unpaired) electrons. The zero-order valence-electron chi connectivity index (χ0n) is 16.9. The minimum atomic E-state index is -3.00. The fourth-order valence-corrected chi connectivity index (χ4v) is 3.47. The highest BCUT2D eigenvalue weighted by atomic mass is 32.2. The van der Waals surface area contributed by atoms with Crippen LogP contribution in [0.4, 0.5) is 0 Å². The van der Waals surface area contributed by atoms with Gasteiger partial charge in [-0.2, -0.15) is 0 Å². The maximum atomic E-state index is 11.3. The summed E-state index contributed by atoms with van der Waals surface area (Å²) in [5, 5.41) is 6.75. The molecule has 26 heavy (non-hydrogen) atoms. The zero-order chi connectivity index (χ0) is 19.6. The van der Waals surface area contributed by atoms with Crippen LogP contribution in [0.3, 0.4) is 0 Å². The topological polar surface area (TPSA) is 70.6 Å². The van der Waals surface area contributed by atoms with Gasteiger partial charge in [0.2, 0.25) is 0 Å². The molecule has 0 aliphatic rings. The minimum Gasteiger partial charge on any atom is -0.357 e. The van der Waals surface area contributed by atoms with E-state index < -0.39 is 9.84 Å². The Morgan fingerprint density at radius 1 is 1.08 bits per heavy atom. The van der Waals surface area contributed by atoms with Crippen LogP contribution in [0.2, 0.25) is 0 Å². The molecule has 0 saturated heterocycles. The molecule has 1 aromatic carbocycles. The average Bonchev–Trinajstić information content (AvgIpc) is 2.52. The van der Waals surface area contributed by atoms with Gasteiger partial charge in [0.05, 0.1) is 12.3 Å². The van der Waals surface area contributed by atoms with Crippen LogP contribution in [0.1, 0.15) is 58.1 Å². The number of nitrogens with one attached hydrogen (secondary N) is 2. The molecule has 1 rings (SSSR count). The van der Waals surface area contributed by atoms with Crippen molar-refractivity contribution in [3.63, 3.8) is 0 Å². The molecular formula is C20H35N3O2S. The van der Waals surface area contributed by atoms with E-state index in [0.717, 1.165) is 36.0 Å². The van der Waals surface area contributed by atoms with Crippen molar-refractivity contribution in [1.29, 1.82) is 0 Å². The normalized spacial score (nSPS) is 13.7. The van der Waals surface area contributed by atoms with Crippen LogP contribution >= 0.6 is 0 Å². The number of guanidine groups is 1. The summed E-state index contributed by atoms with van der Waals surface area (Å²) in [6.45, 7) is 10.1. The predicted molar refractivity (Wildman–Crippen MR) is 111 cm³/mol. The van der Waals surface area contributed by atoms with E-state index in [0.29, 0.717) is 12.6 Å². The molecule has 0 spiro atoms. The number of sulfone groups is 1. The Hall–Kier alpha value is -1.56. The molecule has 1 unspecified atom stereocenters. The summed E-state index contributed by atoms with van der Waals surface area (Å²) in [6, 6.07) is 7.99. The van der Waals surface area contributed by atoms with Crippen LogP contribution in [0, 0.1) is 5.92 Å². The Morgan fingerprint density at radius 2 is 1.69 bits per heavy atom. The average molecular weight is 382 g/mol. The zero-order valence-corrected chi connectivity index (χ0v) is 17.7. The Morgan fingerprint density at radius 3 is 2.23 bits per heavy atom. The number of benzene rings is 1. The Kier molecular flexibility index (Phi) is 9.70. The monoisotopic (exact) mass is 381 g/mol. The summed E-state index contributed by atoms with van der Waals surface area (Å²) < 4.78 is 22.7. The van der Waals surface area contributed by atoms with Crippen molar-refractivity contribution < 1.29 is 8.42 Å². The van der Waals surface area contributed by atoms with Crippen molar-refractivity contribution in [1.82, 2.24) is 10.6 Å². The maximum absolute atomic E-state index is 11.3. The van der Waals surface area contributed by atoms with E-state index >= 15 is 0 Å². The van der Waals surface area contributed by atoms with Gasteiger partial charge in [0, 0.05) is 18.8 Å². The molecule has 5 nitrogen and oxygen atoms in total. The van der Waals surface area contributed by atoms with Crippen molar-refractivity contribution in [2.24, 2.45) is 10.9 Å². The van der Waals surface area contributed by atoms with Gasteiger partial charge < -0.3 is 10.6 Å². The lowest BCUT2D eigenvalue weighted by Gasteiger charge is -2.18.